The zero-order valence-corrected chi connectivity index (χ0v) is 13.4. The molecule has 2 fully saturated rings. The molecule has 1 atom stereocenters. The molecule has 2 heterocycles. The third-order valence-corrected chi connectivity index (χ3v) is 4.52. The minimum Gasteiger partial charge on any atom is -0.480 e. The van der Waals surface area contributed by atoms with E-state index in [4.69, 9.17) is 5.11 Å². The maximum absolute atomic E-state index is 12.2. The molecule has 2 aliphatic rings. The van der Waals surface area contributed by atoms with E-state index < -0.39 is 12.0 Å². The Morgan fingerprint density at radius 3 is 2.50 bits per heavy atom. The Bertz CT molecular complexity index is 681. The van der Waals surface area contributed by atoms with Gasteiger partial charge in [-0.2, -0.15) is 0 Å². The quantitative estimate of drug-likeness (QED) is 0.856. The van der Waals surface area contributed by atoms with Gasteiger partial charge in [0.1, 0.15) is 6.04 Å². The predicted molar refractivity (Wildman–Crippen MR) is 89.4 cm³/mol. The van der Waals surface area contributed by atoms with Crippen molar-refractivity contribution in [3.05, 3.63) is 35.9 Å². The number of nitrogens with zero attached hydrogens (tertiary/aromatic N) is 2. The second-order valence-corrected chi connectivity index (χ2v) is 6.10. The number of anilines is 1. The number of carboxylic acids is 1. The van der Waals surface area contributed by atoms with Gasteiger partial charge in [-0.05, 0) is 43.0 Å². The van der Waals surface area contributed by atoms with E-state index in [0.29, 0.717) is 19.4 Å². The first-order chi connectivity index (χ1) is 11.6. The molecule has 2 amide bonds. The Hall–Kier alpha value is -2.63. The Labute approximate surface area is 140 Å². The molecule has 6 heteroatoms. The van der Waals surface area contributed by atoms with Crippen molar-refractivity contribution in [2.24, 2.45) is 0 Å². The summed E-state index contributed by atoms with van der Waals surface area (Å²) in [5.74, 6) is -1.09. The van der Waals surface area contributed by atoms with Gasteiger partial charge in [0, 0.05) is 31.3 Å². The first kappa shape index (κ1) is 16.2. The summed E-state index contributed by atoms with van der Waals surface area (Å²) in [6.45, 7) is 1.23. The minimum atomic E-state index is -0.950. The fraction of sp³-hybridized carbons (Fsp3) is 0.389. The van der Waals surface area contributed by atoms with Gasteiger partial charge in [-0.15, -0.1) is 0 Å². The van der Waals surface area contributed by atoms with Gasteiger partial charge in [0.05, 0.1) is 0 Å². The van der Waals surface area contributed by atoms with Crippen molar-refractivity contribution in [2.75, 3.05) is 18.0 Å². The molecule has 2 saturated heterocycles. The molecule has 0 bridgehead atoms. The maximum Gasteiger partial charge on any atom is 0.326 e. The van der Waals surface area contributed by atoms with Gasteiger partial charge < -0.3 is 14.9 Å². The lowest BCUT2D eigenvalue weighted by atomic mass is 10.1. The largest absolute Gasteiger partial charge is 0.480 e. The number of hydrogen-bond acceptors (Lipinski definition) is 3. The van der Waals surface area contributed by atoms with Crippen LogP contribution in [0.3, 0.4) is 0 Å². The van der Waals surface area contributed by atoms with E-state index in [-0.39, 0.29) is 11.8 Å². The van der Waals surface area contributed by atoms with Gasteiger partial charge in [0.2, 0.25) is 11.8 Å². The van der Waals surface area contributed by atoms with Crippen LogP contribution in [0.25, 0.3) is 6.08 Å². The molecule has 2 aliphatic heterocycles. The first-order valence-electron chi connectivity index (χ1n) is 8.18. The van der Waals surface area contributed by atoms with Crippen LogP contribution in [0, 0.1) is 0 Å². The number of carbonyl (C=O) groups is 3. The van der Waals surface area contributed by atoms with Gasteiger partial charge in [-0.25, -0.2) is 4.79 Å². The molecule has 126 valence electrons. The lowest BCUT2D eigenvalue weighted by molar-refractivity contribution is -0.146. The highest BCUT2D eigenvalue weighted by Crippen LogP contribution is 2.22. The fourth-order valence-electron chi connectivity index (χ4n) is 3.24. The molecular weight excluding hydrogens is 308 g/mol. The predicted octanol–water partition coefficient (Wildman–Crippen LogP) is 1.90. The third kappa shape index (κ3) is 3.32. The number of amides is 2. The Kier molecular flexibility index (Phi) is 4.64. The average Bonchev–Trinajstić information content (AvgIpc) is 3.22. The highest BCUT2D eigenvalue weighted by atomic mass is 16.4. The topological polar surface area (TPSA) is 77.9 Å². The van der Waals surface area contributed by atoms with Crippen LogP contribution in [0.2, 0.25) is 0 Å². The first-order valence-corrected chi connectivity index (χ1v) is 8.18. The molecule has 0 saturated carbocycles. The molecule has 0 aromatic heterocycles. The molecule has 0 radical (unpaired) electrons. The Morgan fingerprint density at radius 2 is 1.88 bits per heavy atom. The molecule has 6 nitrogen and oxygen atoms in total. The molecule has 1 aromatic rings. The summed E-state index contributed by atoms with van der Waals surface area (Å²) in [5.41, 5.74) is 1.70. The second kappa shape index (κ2) is 6.86. The van der Waals surface area contributed by atoms with Crippen LogP contribution in [0.4, 0.5) is 5.69 Å². The van der Waals surface area contributed by atoms with Crippen molar-refractivity contribution in [3.8, 4) is 0 Å². The van der Waals surface area contributed by atoms with Gasteiger partial charge in [-0.1, -0.05) is 12.1 Å². The van der Waals surface area contributed by atoms with Gasteiger partial charge >= 0.3 is 5.97 Å². The lowest BCUT2D eigenvalue weighted by Gasteiger charge is -2.19. The smallest absolute Gasteiger partial charge is 0.326 e. The fourth-order valence-corrected chi connectivity index (χ4v) is 3.24. The number of carbonyl (C=O) groups excluding carboxylic acids is 2. The van der Waals surface area contributed by atoms with E-state index in [2.05, 4.69) is 0 Å². The molecule has 0 unspecified atom stereocenters. The summed E-state index contributed by atoms with van der Waals surface area (Å²) >= 11 is 0. The van der Waals surface area contributed by atoms with Crippen molar-refractivity contribution in [1.29, 1.82) is 0 Å². The normalized spacial score (nSPS) is 21.0. The van der Waals surface area contributed by atoms with Crippen LogP contribution in [0.1, 0.15) is 31.2 Å². The van der Waals surface area contributed by atoms with E-state index in [1.807, 2.05) is 24.3 Å². The molecule has 0 aliphatic carbocycles. The number of rotatable bonds is 4. The van der Waals surface area contributed by atoms with Crippen LogP contribution in [-0.4, -0.2) is 46.9 Å². The zero-order valence-electron chi connectivity index (χ0n) is 13.4. The summed E-state index contributed by atoms with van der Waals surface area (Å²) in [4.78, 5) is 38.2. The van der Waals surface area contributed by atoms with E-state index in [0.717, 1.165) is 30.6 Å². The van der Waals surface area contributed by atoms with E-state index in [9.17, 15) is 14.4 Å². The summed E-state index contributed by atoms with van der Waals surface area (Å²) in [6, 6.07) is 6.71. The molecule has 24 heavy (non-hydrogen) atoms. The highest BCUT2D eigenvalue weighted by Gasteiger charge is 2.32. The van der Waals surface area contributed by atoms with E-state index in [1.54, 1.807) is 11.0 Å². The molecule has 3 rings (SSSR count). The lowest BCUT2D eigenvalue weighted by Crippen LogP contribution is -2.39. The Balaban J connectivity index is 1.65. The van der Waals surface area contributed by atoms with Crippen molar-refractivity contribution < 1.29 is 19.5 Å². The Morgan fingerprint density at radius 1 is 1.12 bits per heavy atom. The monoisotopic (exact) mass is 328 g/mol. The molecule has 1 N–H and O–H groups in total. The van der Waals surface area contributed by atoms with Crippen molar-refractivity contribution in [1.82, 2.24) is 4.90 Å². The summed E-state index contributed by atoms with van der Waals surface area (Å²) in [5, 5.41) is 9.12. The van der Waals surface area contributed by atoms with Crippen LogP contribution in [0.15, 0.2) is 30.3 Å². The molecular formula is C18H20N2O4. The summed E-state index contributed by atoms with van der Waals surface area (Å²) in [7, 11) is 0. The minimum absolute atomic E-state index is 0.141. The van der Waals surface area contributed by atoms with Crippen LogP contribution >= 0.6 is 0 Å². The van der Waals surface area contributed by atoms with Crippen molar-refractivity contribution in [3.63, 3.8) is 0 Å². The van der Waals surface area contributed by atoms with Gasteiger partial charge in [0.25, 0.3) is 0 Å². The van der Waals surface area contributed by atoms with Crippen molar-refractivity contribution >= 4 is 29.5 Å². The zero-order chi connectivity index (χ0) is 17.1. The third-order valence-electron chi connectivity index (χ3n) is 4.52. The number of benzene rings is 1. The number of aliphatic carboxylic acids is 1. The average molecular weight is 328 g/mol. The van der Waals surface area contributed by atoms with Gasteiger partial charge in [0.15, 0.2) is 0 Å². The summed E-state index contributed by atoms with van der Waals surface area (Å²) in [6.07, 6.45) is 5.79. The molecule has 1 aromatic carbocycles. The molecule has 0 spiro atoms. The number of carboxylic acid groups (broad SMARTS) is 1. The number of hydrogen-bond donors (Lipinski definition) is 1. The van der Waals surface area contributed by atoms with Crippen LogP contribution < -0.4 is 4.90 Å². The summed E-state index contributed by atoms with van der Waals surface area (Å²) < 4.78 is 0. The standard InChI is InChI=1S/C18H20N2O4/c21-16-4-2-11-19(16)14-8-5-13(6-9-14)7-10-17(22)20-12-1-3-15(20)18(23)24/h5-10,15H,1-4,11-12H2,(H,23,24)/b10-7+/t15-/m1/s1. The second-order valence-electron chi connectivity index (χ2n) is 6.10. The van der Waals surface area contributed by atoms with Crippen LogP contribution in [0.5, 0.6) is 0 Å². The maximum atomic E-state index is 12.2. The van der Waals surface area contributed by atoms with E-state index in [1.165, 1.54) is 11.0 Å². The SMILES string of the molecule is O=C(O)[C@H]1CCCN1C(=O)/C=C/c1ccc(N2CCCC2=O)cc1. The van der Waals surface area contributed by atoms with Gasteiger partial charge in [-0.3, -0.25) is 9.59 Å². The van der Waals surface area contributed by atoms with Crippen LogP contribution in [-0.2, 0) is 14.4 Å². The number of likely N-dealkylation sites (tertiary alicyclic amines) is 1. The highest BCUT2D eigenvalue weighted by molar-refractivity contribution is 5.96. The van der Waals surface area contributed by atoms with E-state index >= 15 is 0 Å². The van der Waals surface area contributed by atoms with Crippen molar-refractivity contribution in [2.45, 2.75) is 31.7 Å².